The lowest BCUT2D eigenvalue weighted by molar-refractivity contribution is -0.156. The first-order valence-electron chi connectivity index (χ1n) is 9.83. The number of nitrogens with zero attached hydrogens (tertiary/aromatic N) is 5. The number of likely N-dealkylation sites (tertiary alicyclic amines) is 1. The van der Waals surface area contributed by atoms with Crippen molar-refractivity contribution in [3.8, 4) is 0 Å². The van der Waals surface area contributed by atoms with Crippen LogP contribution in [0.25, 0.3) is 0 Å². The highest BCUT2D eigenvalue weighted by Gasteiger charge is 2.50. The molecule has 1 spiro atoms. The van der Waals surface area contributed by atoms with Gasteiger partial charge in [-0.05, 0) is 26.0 Å². The molecule has 0 aliphatic carbocycles. The minimum Gasteiger partial charge on any atom is -0.347 e. The third-order valence-corrected chi connectivity index (χ3v) is 6.23. The number of piperazine rings is 1. The lowest BCUT2D eigenvalue weighted by atomic mass is 9.82. The molecule has 2 fully saturated rings. The van der Waals surface area contributed by atoms with Gasteiger partial charge in [-0.1, -0.05) is 6.07 Å². The summed E-state index contributed by atoms with van der Waals surface area (Å²) in [4.78, 5) is 57.0. The number of hydrogen-bond acceptors (Lipinski definition) is 5. The SMILES string of the molecule is CN(C)C(=O)CN1CCN(C)C2(CCN(C(=O)c3cccc(=O)n3C)CC2)C1=O. The van der Waals surface area contributed by atoms with Gasteiger partial charge in [0.05, 0.1) is 6.54 Å². The van der Waals surface area contributed by atoms with Crippen molar-refractivity contribution < 1.29 is 14.4 Å². The molecule has 9 heteroatoms. The van der Waals surface area contributed by atoms with Crippen molar-refractivity contribution in [3.63, 3.8) is 0 Å². The molecular weight excluding hydrogens is 374 g/mol. The van der Waals surface area contributed by atoms with Gasteiger partial charge in [-0.3, -0.25) is 24.1 Å². The normalized spacial score (nSPS) is 19.5. The Morgan fingerprint density at radius 3 is 2.31 bits per heavy atom. The number of likely N-dealkylation sites (N-methyl/N-ethyl adjacent to an activating group) is 2. The van der Waals surface area contributed by atoms with E-state index in [4.69, 9.17) is 0 Å². The third kappa shape index (κ3) is 3.78. The average molecular weight is 403 g/mol. The summed E-state index contributed by atoms with van der Waals surface area (Å²) >= 11 is 0. The fourth-order valence-corrected chi connectivity index (χ4v) is 4.12. The Kier molecular flexibility index (Phi) is 5.79. The van der Waals surface area contributed by atoms with Crippen molar-refractivity contribution in [2.45, 2.75) is 18.4 Å². The number of rotatable bonds is 3. The molecule has 0 N–H and O–H groups in total. The number of aromatic nitrogens is 1. The van der Waals surface area contributed by atoms with E-state index < -0.39 is 5.54 Å². The van der Waals surface area contributed by atoms with E-state index >= 15 is 0 Å². The smallest absolute Gasteiger partial charge is 0.270 e. The molecule has 0 radical (unpaired) electrons. The van der Waals surface area contributed by atoms with Gasteiger partial charge in [0, 0.05) is 53.4 Å². The molecule has 0 bridgehead atoms. The molecule has 3 amide bonds. The minimum atomic E-state index is -0.690. The standard InChI is InChI=1S/C20H29N5O4/c1-21(2)17(27)14-25-13-12-22(3)20(19(25)29)8-10-24(11-9-20)18(28)15-6-5-7-16(26)23(15)4/h5-7H,8-14H2,1-4H3. The molecule has 0 unspecified atom stereocenters. The highest BCUT2D eigenvalue weighted by Crippen LogP contribution is 2.33. The number of carbonyl (C=O) groups excluding carboxylic acids is 3. The Labute approximate surface area is 170 Å². The first-order valence-corrected chi connectivity index (χ1v) is 9.83. The van der Waals surface area contributed by atoms with Crippen LogP contribution in [-0.2, 0) is 16.6 Å². The highest BCUT2D eigenvalue weighted by atomic mass is 16.2. The molecule has 0 aromatic carbocycles. The largest absolute Gasteiger partial charge is 0.347 e. The van der Waals surface area contributed by atoms with Crippen molar-refractivity contribution in [1.82, 2.24) is 24.2 Å². The van der Waals surface area contributed by atoms with Crippen molar-refractivity contribution in [3.05, 3.63) is 34.2 Å². The second kappa shape index (κ2) is 7.98. The summed E-state index contributed by atoms with van der Waals surface area (Å²) in [6, 6.07) is 4.64. The van der Waals surface area contributed by atoms with E-state index in [2.05, 4.69) is 4.90 Å². The first-order chi connectivity index (χ1) is 13.7. The molecular formula is C20H29N5O4. The summed E-state index contributed by atoms with van der Waals surface area (Å²) in [5, 5.41) is 0. The van der Waals surface area contributed by atoms with Crippen LogP contribution in [0.1, 0.15) is 23.3 Å². The molecule has 29 heavy (non-hydrogen) atoms. The summed E-state index contributed by atoms with van der Waals surface area (Å²) in [5.74, 6) is -0.345. The number of amides is 3. The molecule has 9 nitrogen and oxygen atoms in total. The zero-order valence-corrected chi connectivity index (χ0v) is 17.6. The van der Waals surface area contributed by atoms with E-state index in [0.717, 1.165) is 0 Å². The van der Waals surface area contributed by atoms with Gasteiger partial charge in [0.15, 0.2) is 0 Å². The highest BCUT2D eigenvalue weighted by molar-refractivity contribution is 5.94. The van der Waals surface area contributed by atoms with Crippen LogP contribution in [0.3, 0.4) is 0 Å². The molecule has 3 rings (SSSR count). The fraction of sp³-hybridized carbons (Fsp3) is 0.600. The molecule has 2 aliphatic heterocycles. The van der Waals surface area contributed by atoms with Crippen LogP contribution >= 0.6 is 0 Å². The number of hydrogen-bond donors (Lipinski definition) is 0. The van der Waals surface area contributed by atoms with Gasteiger partial charge < -0.3 is 19.3 Å². The van der Waals surface area contributed by atoms with E-state index in [1.807, 2.05) is 7.05 Å². The van der Waals surface area contributed by atoms with Crippen LogP contribution < -0.4 is 5.56 Å². The molecule has 1 aromatic rings. The van der Waals surface area contributed by atoms with E-state index in [-0.39, 0.29) is 29.8 Å². The quantitative estimate of drug-likeness (QED) is 0.661. The van der Waals surface area contributed by atoms with Gasteiger partial charge in [-0.15, -0.1) is 0 Å². The van der Waals surface area contributed by atoms with Crippen molar-refractivity contribution in [2.24, 2.45) is 7.05 Å². The predicted octanol–water partition coefficient (Wildman–Crippen LogP) is -0.778. The lowest BCUT2D eigenvalue weighted by Crippen LogP contribution is -2.68. The summed E-state index contributed by atoms with van der Waals surface area (Å²) in [6.45, 7) is 2.14. The maximum Gasteiger partial charge on any atom is 0.270 e. The van der Waals surface area contributed by atoms with Gasteiger partial charge in [0.1, 0.15) is 11.2 Å². The predicted molar refractivity (Wildman–Crippen MR) is 107 cm³/mol. The molecule has 0 saturated carbocycles. The maximum atomic E-state index is 13.3. The lowest BCUT2D eigenvalue weighted by Gasteiger charge is -2.51. The number of piperidine rings is 1. The molecule has 0 atom stereocenters. The van der Waals surface area contributed by atoms with Gasteiger partial charge >= 0.3 is 0 Å². The second-order valence-corrected chi connectivity index (χ2v) is 8.07. The molecule has 3 heterocycles. The molecule has 1 aromatic heterocycles. The average Bonchev–Trinajstić information content (AvgIpc) is 2.70. The van der Waals surface area contributed by atoms with E-state index in [0.29, 0.717) is 44.7 Å². The van der Waals surface area contributed by atoms with Crippen LogP contribution in [0.15, 0.2) is 23.0 Å². The minimum absolute atomic E-state index is 0.0411. The summed E-state index contributed by atoms with van der Waals surface area (Å²) < 4.78 is 1.35. The molecule has 2 saturated heterocycles. The fourth-order valence-electron chi connectivity index (χ4n) is 4.12. The topological polar surface area (TPSA) is 86.2 Å². The summed E-state index contributed by atoms with van der Waals surface area (Å²) in [6.07, 6.45) is 1.00. The van der Waals surface area contributed by atoms with Crippen LogP contribution in [-0.4, -0.2) is 101 Å². The number of carbonyl (C=O) groups is 3. The zero-order valence-electron chi connectivity index (χ0n) is 17.6. The van der Waals surface area contributed by atoms with E-state index in [9.17, 15) is 19.2 Å². The van der Waals surface area contributed by atoms with Crippen LogP contribution in [0.2, 0.25) is 0 Å². The van der Waals surface area contributed by atoms with E-state index in [1.165, 1.54) is 15.5 Å². The monoisotopic (exact) mass is 403 g/mol. The Morgan fingerprint density at radius 1 is 1.03 bits per heavy atom. The zero-order chi connectivity index (χ0) is 21.3. The van der Waals surface area contributed by atoms with Crippen LogP contribution in [0.5, 0.6) is 0 Å². The van der Waals surface area contributed by atoms with E-state index in [1.54, 1.807) is 43.1 Å². The Morgan fingerprint density at radius 2 is 1.69 bits per heavy atom. The van der Waals surface area contributed by atoms with Crippen molar-refractivity contribution >= 4 is 17.7 Å². The van der Waals surface area contributed by atoms with Gasteiger partial charge in [-0.25, -0.2) is 0 Å². The summed E-state index contributed by atoms with van der Waals surface area (Å²) in [7, 11) is 6.87. The van der Waals surface area contributed by atoms with Gasteiger partial charge in [-0.2, -0.15) is 0 Å². The Bertz CT molecular complexity index is 870. The van der Waals surface area contributed by atoms with Crippen molar-refractivity contribution in [2.75, 3.05) is 53.9 Å². The van der Waals surface area contributed by atoms with Crippen molar-refractivity contribution in [1.29, 1.82) is 0 Å². The Balaban J connectivity index is 1.74. The number of pyridine rings is 1. The molecule has 2 aliphatic rings. The maximum absolute atomic E-state index is 13.3. The van der Waals surface area contributed by atoms with Crippen LogP contribution in [0, 0.1) is 0 Å². The van der Waals surface area contributed by atoms with Gasteiger partial charge in [0.2, 0.25) is 11.8 Å². The second-order valence-electron chi connectivity index (χ2n) is 8.07. The third-order valence-electron chi connectivity index (χ3n) is 6.23. The Hall–Kier alpha value is -2.68. The first kappa shape index (κ1) is 21.0. The summed E-state index contributed by atoms with van der Waals surface area (Å²) in [5.41, 5.74) is -0.577. The van der Waals surface area contributed by atoms with Crippen LogP contribution in [0.4, 0.5) is 0 Å². The molecule has 158 valence electrons. The van der Waals surface area contributed by atoms with Gasteiger partial charge in [0.25, 0.3) is 11.5 Å².